The van der Waals surface area contributed by atoms with Crippen molar-refractivity contribution in [3.63, 3.8) is 0 Å². The SMILES string of the molecule is CC1(C)OB(c2cc(Cl)ccc2N)OC1(C)C.COC(=O)Nc1ccc(C(=O)N[C@@H](Cc2ccccc2)c2ccc(-c3cc(Cl)ccc3N)cn2)cc1.COC(=O)Nc1ccc(C(=O)N[C@@H](Cc2ccccc2)c2ccc(Br)cn2)cc1. The molecule has 16 nitrogen and oxygen atoms in total. The average Bonchev–Trinajstić information content (AvgIpc) is 3.98. The zero-order valence-corrected chi connectivity index (χ0v) is 49.0. The van der Waals surface area contributed by atoms with Crippen molar-refractivity contribution in [2.75, 3.05) is 36.3 Å². The third-order valence-electron chi connectivity index (χ3n) is 13.5. The van der Waals surface area contributed by atoms with Crippen molar-refractivity contribution in [3.05, 3.63) is 230 Å². The average molecular weight is 1210 g/mol. The first-order chi connectivity index (χ1) is 39.2. The topological polar surface area (TPSA) is 231 Å². The number of halogens is 3. The van der Waals surface area contributed by atoms with Crippen molar-refractivity contribution >= 4 is 98.5 Å². The minimum absolute atomic E-state index is 0.222. The predicted octanol–water partition coefficient (Wildman–Crippen LogP) is 12.8. The van der Waals surface area contributed by atoms with Gasteiger partial charge in [-0.15, -0.1) is 0 Å². The first-order valence-electron chi connectivity index (χ1n) is 25.8. The molecule has 3 heterocycles. The molecule has 0 saturated carbocycles. The van der Waals surface area contributed by atoms with Gasteiger partial charge in [-0.3, -0.25) is 30.2 Å². The minimum Gasteiger partial charge on any atom is -0.453 e. The maximum Gasteiger partial charge on any atom is 0.497 e. The molecule has 422 valence electrons. The summed E-state index contributed by atoms with van der Waals surface area (Å²) in [5.41, 5.74) is 20.6. The van der Waals surface area contributed by atoms with Gasteiger partial charge in [0.1, 0.15) is 0 Å². The third kappa shape index (κ3) is 17.1. The predicted molar refractivity (Wildman–Crippen MR) is 328 cm³/mol. The van der Waals surface area contributed by atoms with E-state index in [1.807, 2.05) is 113 Å². The van der Waals surface area contributed by atoms with Crippen LogP contribution >= 0.6 is 39.1 Å². The van der Waals surface area contributed by atoms with Crippen molar-refractivity contribution in [3.8, 4) is 11.1 Å². The van der Waals surface area contributed by atoms with E-state index in [1.165, 1.54) is 14.2 Å². The van der Waals surface area contributed by atoms with Crippen LogP contribution in [0.1, 0.15) is 83.0 Å². The first-order valence-corrected chi connectivity index (χ1v) is 27.4. The van der Waals surface area contributed by atoms with Gasteiger partial charge < -0.3 is 40.9 Å². The van der Waals surface area contributed by atoms with Crippen molar-refractivity contribution < 1.29 is 38.0 Å². The van der Waals surface area contributed by atoms with Crippen molar-refractivity contribution in [1.29, 1.82) is 0 Å². The van der Waals surface area contributed by atoms with E-state index in [9.17, 15) is 19.2 Å². The zero-order valence-electron chi connectivity index (χ0n) is 45.9. The zero-order chi connectivity index (χ0) is 59.0. The molecule has 1 aliphatic rings. The highest BCUT2D eigenvalue weighted by molar-refractivity contribution is 9.10. The smallest absolute Gasteiger partial charge is 0.453 e. The Bertz CT molecular complexity index is 3430. The number of nitrogen functional groups attached to an aromatic ring is 2. The largest absolute Gasteiger partial charge is 0.497 e. The number of methoxy groups -OCH3 is 2. The fraction of sp³-hybridized carbons (Fsp3) is 0.194. The second-order valence-electron chi connectivity index (χ2n) is 19.8. The van der Waals surface area contributed by atoms with E-state index in [-0.39, 0.29) is 35.1 Å². The molecule has 8 aromatic rings. The van der Waals surface area contributed by atoms with Crippen LogP contribution in [0.25, 0.3) is 11.1 Å². The number of amides is 4. The normalized spacial score (nSPS) is 13.5. The van der Waals surface area contributed by atoms with Gasteiger partial charge in [0.05, 0.1) is 48.9 Å². The molecule has 2 aromatic heterocycles. The van der Waals surface area contributed by atoms with Crippen LogP contribution in [-0.4, -0.2) is 66.5 Å². The molecular weight excluding hydrogens is 1150 g/mol. The Morgan fingerprint density at radius 3 is 1.44 bits per heavy atom. The molecule has 1 saturated heterocycles. The Morgan fingerprint density at radius 1 is 0.573 bits per heavy atom. The number of nitrogens with one attached hydrogen (secondary N) is 4. The van der Waals surface area contributed by atoms with Gasteiger partial charge in [-0.05, 0) is 171 Å². The summed E-state index contributed by atoms with van der Waals surface area (Å²) in [7, 11) is 2.12. The molecule has 0 aliphatic carbocycles. The van der Waals surface area contributed by atoms with Crippen LogP contribution in [0.3, 0.4) is 0 Å². The van der Waals surface area contributed by atoms with E-state index in [0.29, 0.717) is 62.5 Å². The lowest BCUT2D eigenvalue weighted by atomic mass is 9.78. The van der Waals surface area contributed by atoms with Crippen LogP contribution in [0.2, 0.25) is 10.0 Å². The van der Waals surface area contributed by atoms with E-state index in [4.69, 9.17) is 44.0 Å². The fourth-order valence-corrected chi connectivity index (χ4v) is 8.84. The van der Waals surface area contributed by atoms with E-state index in [1.54, 1.807) is 97.3 Å². The molecular formula is C62H62BBrCl2N8O8. The van der Waals surface area contributed by atoms with Crippen molar-refractivity contribution in [2.45, 2.75) is 63.8 Å². The summed E-state index contributed by atoms with van der Waals surface area (Å²) in [5.74, 6) is -0.481. The number of carbonyl (C=O) groups excluding carboxylic acids is 4. The lowest BCUT2D eigenvalue weighted by Gasteiger charge is -2.32. The lowest BCUT2D eigenvalue weighted by Crippen LogP contribution is -2.41. The first kappa shape index (κ1) is 61.4. The summed E-state index contributed by atoms with van der Waals surface area (Å²) >= 11 is 15.5. The molecule has 0 spiro atoms. The monoisotopic (exact) mass is 1210 g/mol. The Balaban J connectivity index is 0.000000188. The number of carbonyl (C=O) groups is 4. The van der Waals surface area contributed by atoms with Crippen LogP contribution in [0.15, 0.2) is 187 Å². The van der Waals surface area contributed by atoms with Gasteiger partial charge >= 0.3 is 19.3 Å². The van der Waals surface area contributed by atoms with Crippen LogP contribution in [0.4, 0.5) is 32.3 Å². The summed E-state index contributed by atoms with van der Waals surface area (Å²) in [5, 5.41) is 12.5. The highest BCUT2D eigenvalue weighted by atomic mass is 79.9. The number of pyridine rings is 2. The molecule has 82 heavy (non-hydrogen) atoms. The standard InChI is InChI=1S/C28H25ClN4O3.C22H20BrN3O3.C12H17BClNO2/c1-36-28(35)32-22-11-7-19(8-12-22)27(34)33-26(15-18-5-3-2-4-6-18)25-14-9-20(17-31-25)23-16-21(29)10-13-24(23)30;1-29-22(28)25-18-10-7-16(8-11-18)21(27)26-20(13-15-5-3-2-4-6-15)19-12-9-17(23)14-24-19;1-11(2)12(3,4)17-13(16-11)9-7-8(14)5-6-10(9)15/h2-14,16-17,26H,15,30H2,1H3,(H,32,35)(H,33,34);2-12,14,20H,13H2,1H3,(H,25,28)(H,26,27);5-7H,15H2,1-4H3/t26-;20-;/m00./s1. The number of aromatic nitrogens is 2. The maximum atomic E-state index is 13.1. The summed E-state index contributed by atoms with van der Waals surface area (Å²) in [6.45, 7) is 8.03. The lowest BCUT2D eigenvalue weighted by molar-refractivity contribution is 0.00578. The van der Waals surface area contributed by atoms with Crippen LogP contribution in [0, 0.1) is 0 Å². The summed E-state index contributed by atoms with van der Waals surface area (Å²) in [6.07, 6.45) is 3.47. The summed E-state index contributed by atoms with van der Waals surface area (Å²) in [6, 6.07) is 50.5. The van der Waals surface area contributed by atoms with Gasteiger partial charge in [0.25, 0.3) is 11.8 Å². The number of anilines is 4. The summed E-state index contributed by atoms with van der Waals surface area (Å²) in [4.78, 5) is 57.7. The van der Waals surface area contributed by atoms with Gasteiger partial charge in [-0.25, -0.2) is 9.59 Å². The van der Waals surface area contributed by atoms with Gasteiger partial charge in [0, 0.05) is 77.4 Å². The van der Waals surface area contributed by atoms with Crippen LogP contribution in [0.5, 0.6) is 0 Å². The van der Waals surface area contributed by atoms with Gasteiger partial charge in [0.15, 0.2) is 0 Å². The van der Waals surface area contributed by atoms with Crippen LogP contribution < -0.4 is 38.2 Å². The molecule has 6 aromatic carbocycles. The number of hydrogen-bond acceptors (Lipinski definition) is 12. The van der Waals surface area contributed by atoms with Crippen molar-refractivity contribution in [1.82, 2.24) is 20.6 Å². The molecule has 8 N–H and O–H groups in total. The number of hydrogen-bond donors (Lipinski definition) is 6. The van der Waals surface area contributed by atoms with Crippen molar-refractivity contribution in [2.24, 2.45) is 0 Å². The molecule has 4 amide bonds. The van der Waals surface area contributed by atoms with Crippen LogP contribution in [-0.2, 0) is 31.6 Å². The number of nitrogens with zero attached hydrogens (tertiary/aromatic N) is 2. The number of benzene rings is 6. The Labute approximate surface area is 495 Å². The number of nitrogens with two attached hydrogens (primary N) is 2. The highest BCUT2D eigenvalue weighted by Crippen LogP contribution is 2.37. The summed E-state index contributed by atoms with van der Waals surface area (Å²) < 4.78 is 21.9. The van der Waals surface area contributed by atoms with Gasteiger partial charge in [-0.1, -0.05) is 89.9 Å². The third-order valence-corrected chi connectivity index (χ3v) is 14.4. The molecule has 0 radical (unpaired) electrons. The molecule has 20 heteroatoms. The second kappa shape index (κ2) is 28.4. The highest BCUT2D eigenvalue weighted by Gasteiger charge is 2.52. The second-order valence-corrected chi connectivity index (χ2v) is 21.6. The van der Waals surface area contributed by atoms with Gasteiger partial charge in [0.2, 0.25) is 0 Å². The number of ether oxygens (including phenoxy) is 2. The Morgan fingerprint density at radius 2 is 1.01 bits per heavy atom. The quantitative estimate of drug-likeness (QED) is 0.0441. The van der Waals surface area contributed by atoms with Gasteiger partial charge in [-0.2, -0.15) is 0 Å². The van der Waals surface area contributed by atoms with E-state index in [0.717, 1.165) is 37.9 Å². The Hall–Kier alpha value is -8.26. The number of rotatable bonds is 14. The molecule has 2 atom stereocenters. The Kier molecular flexibility index (Phi) is 21.3. The van der Waals surface area contributed by atoms with E-state index >= 15 is 0 Å². The molecule has 1 fully saturated rings. The molecule has 9 rings (SSSR count). The molecule has 0 unspecified atom stereocenters. The van der Waals surface area contributed by atoms with E-state index in [2.05, 4.69) is 56.6 Å². The fourth-order valence-electron chi connectivity index (χ4n) is 8.25. The molecule has 0 bridgehead atoms. The molecule has 1 aliphatic heterocycles. The minimum atomic E-state index is -0.579. The maximum absolute atomic E-state index is 13.1. The van der Waals surface area contributed by atoms with E-state index < -0.39 is 19.3 Å².